The van der Waals surface area contributed by atoms with E-state index in [-0.39, 0.29) is 11.7 Å². The molecule has 1 amide bonds. The summed E-state index contributed by atoms with van der Waals surface area (Å²) in [6.45, 7) is 0.642. The highest BCUT2D eigenvalue weighted by atomic mass is 19.1. The van der Waals surface area contributed by atoms with Gasteiger partial charge in [0.25, 0.3) is 0 Å². The van der Waals surface area contributed by atoms with E-state index in [0.717, 1.165) is 37.0 Å². The summed E-state index contributed by atoms with van der Waals surface area (Å²) in [5.41, 5.74) is 2.28. The molecule has 0 spiro atoms. The number of rotatable bonds is 9. The van der Waals surface area contributed by atoms with Crippen molar-refractivity contribution in [3.05, 3.63) is 65.5 Å². The van der Waals surface area contributed by atoms with Gasteiger partial charge in [0.2, 0.25) is 5.91 Å². The zero-order valence-corrected chi connectivity index (χ0v) is 14.1. The Kier molecular flexibility index (Phi) is 7.27. The van der Waals surface area contributed by atoms with Gasteiger partial charge >= 0.3 is 0 Å². The highest BCUT2D eigenvalue weighted by Gasteiger charge is 2.02. The largest absolute Gasteiger partial charge is 0.497 e. The molecular formula is C20H24FNO2. The van der Waals surface area contributed by atoms with Crippen LogP contribution in [0.25, 0.3) is 0 Å². The minimum absolute atomic E-state index is 0.0858. The van der Waals surface area contributed by atoms with E-state index in [0.29, 0.717) is 13.0 Å². The third-order valence-electron chi connectivity index (χ3n) is 3.93. The number of carbonyl (C=O) groups excluding carboxylic acids is 1. The second-order valence-electron chi connectivity index (χ2n) is 5.78. The fraction of sp³-hybridized carbons (Fsp3) is 0.350. The summed E-state index contributed by atoms with van der Waals surface area (Å²) in [6, 6.07) is 14.4. The van der Waals surface area contributed by atoms with E-state index in [1.54, 1.807) is 19.2 Å². The predicted molar refractivity (Wildman–Crippen MR) is 93.7 cm³/mol. The first-order chi connectivity index (χ1) is 11.7. The molecule has 0 heterocycles. The molecule has 2 aromatic carbocycles. The van der Waals surface area contributed by atoms with Crippen LogP contribution in [0.3, 0.4) is 0 Å². The van der Waals surface area contributed by atoms with Gasteiger partial charge in [-0.2, -0.15) is 0 Å². The van der Waals surface area contributed by atoms with Crippen LogP contribution in [0.1, 0.15) is 30.4 Å². The first kappa shape index (κ1) is 18.0. The van der Waals surface area contributed by atoms with Crippen LogP contribution < -0.4 is 10.1 Å². The van der Waals surface area contributed by atoms with Gasteiger partial charge in [0, 0.05) is 13.0 Å². The van der Waals surface area contributed by atoms with Crippen LogP contribution in [-0.4, -0.2) is 19.6 Å². The lowest BCUT2D eigenvalue weighted by Gasteiger charge is -2.06. The Labute approximate surface area is 142 Å². The van der Waals surface area contributed by atoms with E-state index in [4.69, 9.17) is 4.74 Å². The number of halogens is 1. The van der Waals surface area contributed by atoms with E-state index in [9.17, 15) is 9.18 Å². The number of methoxy groups -OCH3 is 1. The summed E-state index contributed by atoms with van der Waals surface area (Å²) >= 11 is 0. The van der Waals surface area contributed by atoms with E-state index < -0.39 is 0 Å². The molecule has 0 atom stereocenters. The van der Waals surface area contributed by atoms with Crippen molar-refractivity contribution in [3.8, 4) is 5.75 Å². The lowest BCUT2D eigenvalue weighted by molar-refractivity contribution is -0.121. The van der Waals surface area contributed by atoms with Crippen molar-refractivity contribution >= 4 is 5.91 Å². The molecular weight excluding hydrogens is 305 g/mol. The van der Waals surface area contributed by atoms with Gasteiger partial charge in [-0.25, -0.2) is 4.39 Å². The van der Waals surface area contributed by atoms with Crippen LogP contribution in [0.4, 0.5) is 4.39 Å². The third-order valence-corrected chi connectivity index (χ3v) is 3.93. The molecule has 128 valence electrons. The molecule has 2 aromatic rings. The molecule has 0 radical (unpaired) electrons. The Morgan fingerprint density at radius 1 is 0.958 bits per heavy atom. The monoisotopic (exact) mass is 329 g/mol. The number of nitrogens with one attached hydrogen (secondary N) is 1. The Morgan fingerprint density at radius 2 is 1.58 bits per heavy atom. The van der Waals surface area contributed by atoms with Crippen molar-refractivity contribution in [2.45, 2.75) is 32.1 Å². The molecule has 0 aliphatic carbocycles. The minimum atomic E-state index is -0.213. The van der Waals surface area contributed by atoms with Crippen LogP contribution in [0.15, 0.2) is 48.5 Å². The SMILES string of the molecule is COc1ccc(CCNC(=O)CCCCc2ccc(F)cc2)cc1. The average Bonchev–Trinajstić information content (AvgIpc) is 2.61. The maximum absolute atomic E-state index is 12.8. The number of aryl methyl sites for hydroxylation is 1. The van der Waals surface area contributed by atoms with Crippen LogP contribution in [-0.2, 0) is 17.6 Å². The van der Waals surface area contributed by atoms with E-state index in [1.165, 1.54) is 17.7 Å². The Hall–Kier alpha value is -2.36. The molecule has 0 fully saturated rings. The Balaban J connectivity index is 1.56. The molecule has 0 aromatic heterocycles. The zero-order valence-electron chi connectivity index (χ0n) is 14.1. The lowest BCUT2D eigenvalue weighted by Crippen LogP contribution is -2.25. The normalized spacial score (nSPS) is 10.4. The molecule has 4 heteroatoms. The summed E-state index contributed by atoms with van der Waals surface area (Å²) in [5, 5.41) is 2.95. The fourth-order valence-electron chi connectivity index (χ4n) is 2.49. The average molecular weight is 329 g/mol. The van der Waals surface area contributed by atoms with Gasteiger partial charge in [0.15, 0.2) is 0 Å². The lowest BCUT2D eigenvalue weighted by atomic mass is 10.1. The topological polar surface area (TPSA) is 38.3 Å². The number of ether oxygens (including phenoxy) is 1. The number of hydrogen-bond donors (Lipinski definition) is 1. The fourth-order valence-corrected chi connectivity index (χ4v) is 2.49. The highest BCUT2D eigenvalue weighted by Crippen LogP contribution is 2.11. The summed E-state index contributed by atoms with van der Waals surface area (Å²) in [5.74, 6) is 0.710. The number of carbonyl (C=O) groups is 1. The van der Waals surface area contributed by atoms with Gasteiger partial charge in [0.1, 0.15) is 11.6 Å². The van der Waals surface area contributed by atoms with Crippen molar-refractivity contribution in [2.75, 3.05) is 13.7 Å². The molecule has 1 N–H and O–H groups in total. The van der Waals surface area contributed by atoms with E-state index >= 15 is 0 Å². The van der Waals surface area contributed by atoms with Crippen LogP contribution in [0, 0.1) is 5.82 Å². The smallest absolute Gasteiger partial charge is 0.220 e. The second-order valence-corrected chi connectivity index (χ2v) is 5.78. The van der Waals surface area contributed by atoms with Crippen molar-refractivity contribution in [1.82, 2.24) is 5.32 Å². The molecule has 0 saturated heterocycles. The van der Waals surface area contributed by atoms with Crippen LogP contribution in [0.2, 0.25) is 0 Å². The Bertz CT molecular complexity index is 623. The summed E-state index contributed by atoms with van der Waals surface area (Å²) in [7, 11) is 1.64. The predicted octanol–water partition coefficient (Wildman–Crippen LogP) is 3.91. The molecule has 0 aliphatic rings. The molecule has 0 unspecified atom stereocenters. The van der Waals surface area contributed by atoms with Crippen LogP contribution in [0.5, 0.6) is 5.75 Å². The van der Waals surface area contributed by atoms with E-state index in [1.807, 2.05) is 24.3 Å². The van der Waals surface area contributed by atoms with Crippen molar-refractivity contribution < 1.29 is 13.9 Å². The molecule has 2 rings (SSSR count). The molecule has 0 aliphatic heterocycles. The number of benzene rings is 2. The van der Waals surface area contributed by atoms with Crippen molar-refractivity contribution in [2.24, 2.45) is 0 Å². The van der Waals surface area contributed by atoms with Gasteiger partial charge in [-0.3, -0.25) is 4.79 Å². The number of amides is 1. The Morgan fingerprint density at radius 3 is 2.25 bits per heavy atom. The molecule has 0 bridgehead atoms. The van der Waals surface area contributed by atoms with Crippen molar-refractivity contribution in [1.29, 1.82) is 0 Å². The number of unbranched alkanes of at least 4 members (excludes halogenated alkanes) is 1. The third kappa shape index (κ3) is 6.41. The first-order valence-corrected chi connectivity index (χ1v) is 8.31. The molecule has 0 saturated carbocycles. The van der Waals surface area contributed by atoms with Gasteiger partial charge < -0.3 is 10.1 Å². The zero-order chi connectivity index (χ0) is 17.2. The van der Waals surface area contributed by atoms with E-state index in [2.05, 4.69) is 5.32 Å². The van der Waals surface area contributed by atoms with Gasteiger partial charge in [0.05, 0.1) is 7.11 Å². The summed E-state index contributed by atoms with van der Waals surface area (Å²) < 4.78 is 17.9. The van der Waals surface area contributed by atoms with Crippen molar-refractivity contribution in [3.63, 3.8) is 0 Å². The first-order valence-electron chi connectivity index (χ1n) is 8.31. The summed E-state index contributed by atoms with van der Waals surface area (Å²) in [4.78, 5) is 11.8. The van der Waals surface area contributed by atoms with Gasteiger partial charge in [-0.05, 0) is 61.1 Å². The standard InChI is InChI=1S/C20H24FNO2/c1-24-19-12-8-17(9-13-19)14-15-22-20(23)5-3-2-4-16-6-10-18(21)11-7-16/h6-13H,2-5,14-15H2,1H3,(H,22,23). The highest BCUT2D eigenvalue weighted by molar-refractivity contribution is 5.75. The minimum Gasteiger partial charge on any atom is -0.497 e. The number of hydrogen-bond acceptors (Lipinski definition) is 2. The molecule has 3 nitrogen and oxygen atoms in total. The maximum Gasteiger partial charge on any atom is 0.220 e. The molecule has 24 heavy (non-hydrogen) atoms. The second kappa shape index (κ2) is 9.71. The van der Waals surface area contributed by atoms with Gasteiger partial charge in [-0.1, -0.05) is 24.3 Å². The quantitative estimate of drug-likeness (QED) is 0.709. The van der Waals surface area contributed by atoms with Crippen LogP contribution >= 0.6 is 0 Å². The van der Waals surface area contributed by atoms with Gasteiger partial charge in [-0.15, -0.1) is 0 Å². The maximum atomic E-state index is 12.8. The summed E-state index contributed by atoms with van der Waals surface area (Å²) in [6.07, 6.45) is 3.98.